The number of carbonyl (C=O) groups excluding carboxylic acids is 1. The summed E-state index contributed by atoms with van der Waals surface area (Å²) in [5.41, 5.74) is 0.947. The molecule has 1 amide bonds. The summed E-state index contributed by atoms with van der Waals surface area (Å²) in [7, 11) is 0. The van der Waals surface area contributed by atoms with Crippen LogP contribution in [0.3, 0.4) is 0 Å². The lowest BCUT2D eigenvalue weighted by molar-refractivity contribution is -0.384. The Morgan fingerprint density at radius 3 is 3.00 bits per heavy atom. The minimum Gasteiger partial charge on any atom is -0.360 e. The zero-order valence-electron chi connectivity index (χ0n) is 12.1. The van der Waals surface area contributed by atoms with Gasteiger partial charge in [0.25, 0.3) is 11.6 Å². The molecule has 118 valence electrons. The molecule has 0 radical (unpaired) electrons. The van der Waals surface area contributed by atoms with Crippen molar-refractivity contribution in [1.29, 1.82) is 0 Å². The van der Waals surface area contributed by atoms with E-state index in [4.69, 9.17) is 0 Å². The van der Waals surface area contributed by atoms with E-state index in [2.05, 4.69) is 30.9 Å². The number of non-ortho nitro benzene ring substituents is 1. The predicted molar refractivity (Wildman–Crippen MR) is 79.9 cm³/mol. The molecule has 1 atom stereocenters. The number of fused-ring (bicyclic) bond motifs is 1. The number of tetrazole rings is 1. The molecule has 0 aliphatic heterocycles. The van der Waals surface area contributed by atoms with Crippen molar-refractivity contribution in [2.45, 2.75) is 12.8 Å². The molecule has 2 heterocycles. The Kier molecular flexibility index (Phi) is 3.71. The number of carbonyl (C=O) groups is 1. The van der Waals surface area contributed by atoms with E-state index < -0.39 is 4.92 Å². The topological polar surface area (TPSA) is 142 Å². The van der Waals surface area contributed by atoms with Gasteiger partial charge in [0.2, 0.25) is 0 Å². The van der Waals surface area contributed by atoms with Gasteiger partial charge in [-0.25, -0.2) is 0 Å². The maximum atomic E-state index is 12.3. The van der Waals surface area contributed by atoms with Gasteiger partial charge in [0, 0.05) is 41.7 Å². The van der Waals surface area contributed by atoms with Gasteiger partial charge in [-0.3, -0.25) is 14.9 Å². The summed E-state index contributed by atoms with van der Waals surface area (Å²) in [5, 5.41) is 27.7. The lowest BCUT2D eigenvalue weighted by Gasteiger charge is -2.08. The number of nitro groups is 1. The Hall–Kier alpha value is -3.30. The van der Waals surface area contributed by atoms with Gasteiger partial charge in [0.1, 0.15) is 0 Å². The zero-order chi connectivity index (χ0) is 16.4. The Morgan fingerprint density at radius 1 is 1.48 bits per heavy atom. The molecule has 0 bridgehead atoms. The van der Waals surface area contributed by atoms with Crippen LogP contribution in [0.5, 0.6) is 0 Å². The van der Waals surface area contributed by atoms with Crippen molar-refractivity contribution in [3.63, 3.8) is 0 Å². The van der Waals surface area contributed by atoms with E-state index in [0.29, 0.717) is 28.8 Å². The van der Waals surface area contributed by atoms with Gasteiger partial charge in [0.05, 0.1) is 10.5 Å². The maximum Gasteiger partial charge on any atom is 0.270 e. The molecule has 2 aromatic heterocycles. The summed E-state index contributed by atoms with van der Waals surface area (Å²) in [6.45, 7) is 2.17. The van der Waals surface area contributed by atoms with Crippen molar-refractivity contribution in [1.82, 2.24) is 30.9 Å². The number of benzene rings is 1. The third-order valence-electron chi connectivity index (χ3n) is 3.49. The molecular weight excluding hydrogens is 302 g/mol. The molecule has 3 aromatic rings. The van der Waals surface area contributed by atoms with Crippen LogP contribution in [-0.4, -0.2) is 43.0 Å². The Morgan fingerprint density at radius 2 is 2.30 bits per heavy atom. The molecule has 10 nitrogen and oxygen atoms in total. The molecule has 3 rings (SSSR count). The SMILES string of the molecule is C[C@H](CNC(=O)c1c[nH]c2ccc([N+](=O)[O-])cc12)c1nn[nH]n1. The van der Waals surface area contributed by atoms with Crippen molar-refractivity contribution in [2.24, 2.45) is 0 Å². The molecular formula is C13H13N7O3. The van der Waals surface area contributed by atoms with E-state index in [-0.39, 0.29) is 17.5 Å². The number of aromatic nitrogens is 5. The summed E-state index contributed by atoms with van der Waals surface area (Å²) in [4.78, 5) is 25.6. The smallest absolute Gasteiger partial charge is 0.270 e. The van der Waals surface area contributed by atoms with E-state index in [9.17, 15) is 14.9 Å². The van der Waals surface area contributed by atoms with Crippen LogP contribution in [0, 0.1) is 10.1 Å². The van der Waals surface area contributed by atoms with Crippen LogP contribution in [0.4, 0.5) is 5.69 Å². The Bertz CT molecular complexity index is 856. The third kappa shape index (κ3) is 2.86. The predicted octanol–water partition coefficient (Wildman–Crippen LogP) is 1.12. The number of hydrogen-bond acceptors (Lipinski definition) is 6. The molecule has 0 unspecified atom stereocenters. The summed E-state index contributed by atoms with van der Waals surface area (Å²) >= 11 is 0. The molecule has 0 saturated heterocycles. The lowest BCUT2D eigenvalue weighted by Crippen LogP contribution is -2.27. The van der Waals surface area contributed by atoms with E-state index in [1.807, 2.05) is 6.92 Å². The number of rotatable bonds is 5. The average molecular weight is 315 g/mol. The number of nitro benzene ring substituents is 1. The van der Waals surface area contributed by atoms with Gasteiger partial charge in [-0.05, 0) is 6.07 Å². The van der Waals surface area contributed by atoms with E-state index in [1.54, 1.807) is 6.07 Å². The van der Waals surface area contributed by atoms with Gasteiger partial charge in [-0.1, -0.05) is 12.1 Å². The summed E-state index contributed by atoms with van der Waals surface area (Å²) in [6.07, 6.45) is 1.53. The highest BCUT2D eigenvalue weighted by atomic mass is 16.6. The summed E-state index contributed by atoms with van der Waals surface area (Å²) < 4.78 is 0. The second kappa shape index (κ2) is 5.83. The highest BCUT2D eigenvalue weighted by molar-refractivity contribution is 6.07. The van der Waals surface area contributed by atoms with Crippen molar-refractivity contribution < 1.29 is 9.72 Å². The molecule has 3 N–H and O–H groups in total. The van der Waals surface area contributed by atoms with Crippen LogP contribution < -0.4 is 5.32 Å². The quantitative estimate of drug-likeness (QED) is 0.475. The van der Waals surface area contributed by atoms with E-state index >= 15 is 0 Å². The summed E-state index contributed by atoms with van der Waals surface area (Å²) in [5.74, 6) is 0.0594. The van der Waals surface area contributed by atoms with Crippen LogP contribution in [0.25, 0.3) is 10.9 Å². The van der Waals surface area contributed by atoms with Gasteiger partial charge in [-0.2, -0.15) is 5.21 Å². The van der Waals surface area contributed by atoms with Gasteiger partial charge in [-0.15, -0.1) is 10.2 Å². The first kappa shape index (κ1) is 14.6. The first-order valence-electron chi connectivity index (χ1n) is 6.83. The number of nitrogens with zero attached hydrogens (tertiary/aromatic N) is 4. The van der Waals surface area contributed by atoms with Gasteiger partial charge >= 0.3 is 0 Å². The number of aromatic amines is 2. The lowest BCUT2D eigenvalue weighted by atomic mass is 10.1. The molecule has 10 heteroatoms. The number of H-pyrrole nitrogens is 2. The fraction of sp³-hybridized carbons (Fsp3) is 0.231. The van der Waals surface area contributed by atoms with Crippen molar-refractivity contribution >= 4 is 22.5 Å². The average Bonchev–Trinajstić information content (AvgIpc) is 3.20. The standard InChI is InChI=1S/C13H13N7O3/c1-7(12-16-18-19-17-12)5-15-13(21)10-6-14-11-3-2-8(20(22)23)4-9(10)11/h2-4,6-7,14H,5H2,1H3,(H,15,21)(H,16,17,18,19)/t7-/m1/s1. The number of nitrogens with one attached hydrogen (secondary N) is 3. The largest absolute Gasteiger partial charge is 0.360 e. The first-order valence-corrected chi connectivity index (χ1v) is 6.83. The second-order valence-corrected chi connectivity index (χ2v) is 5.07. The van der Waals surface area contributed by atoms with Crippen LogP contribution in [0.2, 0.25) is 0 Å². The monoisotopic (exact) mass is 315 g/mol. The van der Waals surface area contributed by atoms with Crippen LogP contribution in [0.1, 0.15) is 29.0 Å². The van der Waals surface area contributed by atoms with Crippen molar-refractivity contribution in [3.8, 4) is 0 Å². The molecule has 1 aromatic carbocycles. The third-order valence-corrected chi connectivity index (χ3v) is 3.49. The minimum atomic E-state index is -0.494. The van der Waals surface area contributed by atoms with E-state index in [0.717, 1.165) is 0 Å². The number of amides is 1. The molecule has 0 aliphatic carbocycles. The molecule has 0 fully saturated rings. The first-order chi connectivity index (χ1) is 11.1. The van der Waals surface area contributed by atoms with Gasteiger partial charge < -0.3 is 10.3 Å². The zero-order valence-corrected chi connectivity index (χ0v) is 12.1. The molecule has 0 aliphatic rings. The fourth-order valence-corrected chi connectivity index (χ4v) is 2.22. The van der Waals surface area contributed by atoms with Gasteiger partial charge in [0.15, 0.2) is 5.82 Å². The molecule has 0 saturated carbocycles. The van der Waals surface area contributed by atoms with Crippen LogP contribution in [0.15, 0.2) is 24.4 Å². The Labute approximate surface area is 129 Å². The van der Waals surface area contributed by atoms with Crippen LogP contribution >= 0.6 is 0 Å². The minimum absolute atomic E-state index is 0.0636. The van der Waals surface area contributed by atoms with Crippen LogP contribution in [-0.2, 0) is 0 Å². The molecule has 0 spiro atoms. The molecule has 23 heavy (non-hydrogen) atoms. The summed E-state index contributed by atoms with van der Waals surface area (Å²) in [6, 6.07) is 4.34. The van der Waals surface area contributed by atoms with Crippen molar-refractivity contribution in [2.75, 3.05) is 6.54 Å². The maximum absolute atomic E-state index is 12.3. The number of hydrogen-bond donors (Lipinski definition) is 3. The highest BCUT2D eigenvalue weighted by Crippen LogP contribution is 2.23. The normalized spacial score (nSPS) is 12.2. The fourth-order valence-electron chi connectivity index (χ4n) is 2.22. The van der Waals surface area contributed by atoms with Crippen molar-refractivity contribution in [3.05, 3.63) is 45.9 Å². The highest BCUT2D eigenvalue weighted by Gasteiger charge is 2.17. The Balaban J connectivity index is 1.78. The van der Waals surface area contributed by atoms with E-state index in [1.165, 1.54) is 18.3 Å². The second-order valence-electron chi connectivity index (χ2n) is 5.07.